The Morgan fingerprint density at radius 2 is 1.75 bits per heavy atom. The van der Waals surface area contributed by atoms with E-state index in [9.17, 15) is 9.90 Å². The maximum Gasteiger partial charge on any atom is 0.413 e. The fourth-order valence-electron chi connectivity index (χ4n) is 3.51. The lowest BCUT2D eigenvalue weighted by atomic mass is 10.1. The molecule has 0 aromatic carbocycles. The molecule has 1 aliphatic rings. The second-order valence-electron chi connectivity index (χ2n) is 9.36. The summed E-state index contributed by atoms with van der Waals surface area (Å²) < 4.78 is 11.3. The van der Waals surface area contributed by atoms with Crippen molar-refractivity contribution in [2.24, 2.45) is 0 Å². The second kappa shape index (κ2) is 11.8. The van der Waals surface area contributed by atoms with Gasteiger partial charge in [-0.3, -0.25) is 4.90 Å². The molecule has 1 heterocycles. The number of amides is 1. The number of carbonyl (C=O) groups excluding carboxylic acids is 1. The highest BCUT2D eigenvalue weighted by atomic mass is 16.6. The molecule has 1 saturated heterocycles. The molecule has 0 radical (unpaired) electrons. The van der Waals surface area contributed by atoms with E-state index in [4.69, 9.17) is 9.47 Å². The van der Waals surface area contributed by atoms with E-state index < -0.39 is 29.6 Å². The Morgan fingerprint density at radius 3 is 2.32 bits per heavy atom. The monoisotopic (exact) mass is 397 g/mol. The minimum atomic E-state index is -0.792. The van der Waals surface area contributed by atoms with Gasteiger partial charge in [-0.05, 0) is 47.5 Å². The molecule has 2 atom stereocenters. The lowest BCUT2D eigenvalue weighted by Crippen LogP contribution is -2.53. The van der Waals surface area contributed by atoms with Crippen LogP contribution in [0.25, 0.3) is 0 Å². The van der Waals surface area contributed by atoms with Crippen LogP contribution >= 0.6 is 0 Å². The molecule has 5 heteroatoms. The van der Waals surface area contributed by atoms with Crippen molar-refractivity contribution in [2.45, 2.75) is 123 Å². The maximum absolute atomic E-state index is 12.6. The normalized spacial score (nSPS) is 20.7. The van der Waals surface area contributed by atoms with Crippen LogP contribution in [-0.4, -0.2) is 46.2 Å². The molecule has 1 fully saturated rings. The molecule has 5 nitrogen and oxygen atoms in total. The van der Waals surface area contributed by atoms with E-state index in [2.05, 4.69) is 6.92 Å². The number of hydrogen-bond acceptors (Lipinski definition) is 4. The highest BCUT2D eigenvalue weighted by molar-refractivity contribution is 5.70. The van der Waals surface area contributed by atoms with Gasteiger partial charge in [0, 0.05) is 0 Å². The average Bonchev–Trinajstić information content (AvgIpc) is 2.90. The molecule has 0 aromatic rings. The van der Waals surface area contributed by atoms with Crippen LogP contribution in [0.4, 0.5) is 4.79 Å². The van der Waals surface area contributed by atoms with E-state index in [0.29, 0.717) is 6.61 Å². The van der Waals surface area contributed by atoms with E-state index in [1.54, 1.807) is 6.08 Å². The predicted molar refractivity (Wildman–Crippen MR) is 114 cm³/mol. The van der Waals surface area contributed by atoms with E-state index in [1.807, 2.05) is 40.7 Å². The van der Waals surface area contributed by atoms with Crippen LogP contribution in [0, 0.1) is 0 Å². The topological polar surface area (TPSA) is 59.0 Å². The van der Waals surface area contributed by atoms with Gasteiger partial charge in [-0.1, -0.05) is 64.0 Å². The number of carbonyl (C=O) groups is 1. The first-order valence-corrected chi connectivity index (χ1v) is 11.1. The summed E-state index contributed by atoms with van der Waals surface area (Å²) in [6.45, 7) is 11.7. The third-order valence-corrected chi connectivity index (χ3v) is 5.06. The fourth-order valence-corrected chi connectivity index (χ4v) is 3.51. The van der Waals surface area contributed by atoms with E-state index in [0.717, 1.165) is 12.8 Å². The average molecular weight is 398 g/mol. The van der Waals surface area contributed by atoms with Crippen LogP contribution < -0.4 is 0 Å². The van der Waals surface area contributed by atoms with Gasteiger partial charge in [0.05, 0.1) is 18.8 Å². The maximum atomic E-state index is 12.6. The summed E-state index contributed by atoms with van der Waals surface area (Å²) in [6, 6.07) is -0.431. The summed E-state index contributed by atoms with van der Waals surface area (Å²) in [4.78, 5) is 14.2. The number of rotatable bonds is 11. The zero-order chi connectivity index (χ0) is 21.2. The van der Waals surface area contributed by atoms with Crippen LogP contribution in [0.2, 0.25) is 0 Å². The first kappa shape index (κ1) is 25.0. The lowest BCUT2D eigenvalue weighted by molar-refractivity contribution is -0.0661. The Morgan fingerprint density at radius 1 is 1.18 bits per heavy atom. The van der Waals surface area contributed by atoms with Crippen molar-refractivity contribution < 1.29 is 19.4 Å². The molecule has 0 saturated carbocycles. The Balaban J connectivity index is 2.41. The fraction of sp³-hybridized carbons (Fsp3) is 0.870. The van der Waals surface area contributed by atoms with Crippen molar-refractivity contribution in [3.05, 3.63) is 12.2 Å². The Kier molecular flexibility index (Phi) is 10.5. The third kappa shape index (κ3) is 8.95. The van der Waals surface area contributed by atoms with E-state index in [1.165, 1.54) is 49.8 Å². The van der Waals surface area contributed by atoms with Crippen molar-refractivity contribution in [1.82, 2.24) is 4.90 Å². The highest BCUT2D eigenvalue weighted by Crippen LogP contribution is 2.31. The summed E-state index contributed by atoms with van der Waals surface area (Å²) in [5, 5.41) is 10.6. The molecule has 1 N–H and O–H groups in total. The minimum Gasteiger partial charge on any atom is -0.444 e. The van der Waals surface area contributed by atoms with Gasteiger partial charge in [-0.2, -0.15) is 0 Å². The van der Waals surface area contributed by atoms with Crippen molar-refractivity contribution in [2.75, 3.05) is 6.61 Å². The summed E-state index contributed by atoms with van der Waals surface area (Å²) in [5.74, 6) is 0. The van der Waals surface area contributed by atoms with Gasteiger partial charge >= 0.3 is 6.09 Å². The van der Waals surface area contributed by atoms with Crippen molar-refractivity contribution in [3.63, 3.8) is 0 Å². The number of aliphatic hydroxyl groups excluding tert-OH is 1. The van der Waals surface area contributed by atoms with E-state index >= 15 is 0 Å². The van der Waals surface area contributed by atoms with Crippen LogP contribution in [-0.2, 0) is 9.47 Å². The molecule has 0 aliphatic carbocycles. The standard InChI is InChI=1S/C23H43NO4/c1-7-8-9-10-11-12-13-14-15-16-17-20(25)19-18-27-23(5,6)24(19)21(26)28-22(2,3)4/h16-17,19-20,25H,7-15,18H2,1-6H3/b17-16+/t19-,20-/m0/s1. The van der Waals surface area contributed by atoms with Crippen molar-refractivity contribution in [3.8, 4) is 0 Å². The molecular formula is C23H43NO4. The summed E-state index contributed by atoms with van der Waals surface area (Å²) >= 11 is 0. The second-order valence-corrected chi connectivity index (χ2v) is 9.36. The zero-order valence-corrected chi connectivity index (χ0v) is 19.0. The molecule has 0 aromatic heterocycles. The summed E-state index contributed by atoms with van der Waals surface area (Å²) in [6.07, 6.45) is 13.9. The van der Waals surface area contributed by atoms with Crippen molar-refractivity contribution >= 4 is 6.09 Å². The van der Waals surface area contributed by atoms with Crippen LogP contribution in [0.3, 0.4) is 0 Å². The number of allylic oxidation sites excluding steroid dienone is 1. The third-order valence-electron chi connectivity index (χ3n) is 5.06. The first-order chi connectivity index (χ1) is 13.1. The number of ether oxygens (including phenoxy) is 2. The molecule has 0 spiro atoms. The molecule has 164 valence electrons. The van der Waals surface area contributed by atoms with Gasteiger partial charge in [-0.15, -0.1) is 0 Å². The minimum absolute atomic E-state index is 0.301. The molecular weight excluding hydrogens is 354 g/mol. The predicted octanol–water partition coefficient (Wildman–Crippen LogP) is 5.81. The number of aliphatic hydroxyl groups is 1. The van der Waals surface area contributed by atoms with Gasteiger partial charge in [0.25, 0.3) is 0 Å². The SMILES string of the molecule is CCCCCCCCCC/C=C/[C@H](O)[C@@H]1COC(C)(C)N1C(=O)OC(C)(C)C. The van der Waals surface area contributed by atoms with Crippen LogP contribution in [0.1, 0.15) is 99.3 Å². The van der Waals surface area contributed by atoms with E-state index in [-0.39, 0.29) is 0 Å². The molecule has 1 aliphatic heterocycles. The molecule has 1 amide bonds. The largest absolute Gasteiger partial charge is 0.444 e. The van der Waals surface area contributed by atoms with Crippen molar-refractivity contribution in [1.29, 1.82) is 0 Å². The van der Waals surface area contributed by atoms with Gasteiger partial charge in [0.2, 0.25) is 0 Å². The van der Waals surface area contributed by atoms with Crippen LogP contribution in [0.15, 0.2) is 12.2 Å². The first-order valence-electron chi connectivity index (χ1n) is 11.1. The van der Waals surface area contributed by atoms with Gasteiger partial charge in [0.1, 0.15) is 11.3 Å². The number of unbranched alkanes of at least 4 members (excludes halogenated alkanes) is 8. The van der Waals surface area contributed by atoms with Crippen LogP contribution in [0.5, 0.6) is 0 Å². The number of hydrogen-bond donors (Lipinski definition) is 1. The quantitative estimate of drug-likeness (QED) is 0.353. The Labute approximate surface area is 172 Å². The van der Waals surface area contributed by atoms with Gasteiger partial charge < -0.3 is 14.6 Å². The molecule has 1 rings (SSSR count). The zero-order valence-electron chi connectivity index (χ0n) is 19.0. The number of nitrogens with zero attached hydrogens (tertiary/aromatic N) is 1. The molecule has 0 unspecified atom stereocenters. The Hall–Kier alpha value is -1.07. The lowest BCUT2D eigenvalue weighted by Gasteiger charge is -2.36. The summed E-state index contributed by atoms with van der Waals surface area (Å²) in [7, 11) is 0. The summed E-state index contributed by atoms with van der Waals surface area (Å²) in [5.41, 5.74) is -1.38. The van der Waals surface area contributed by atoms with Gasteiger partial charge in [-0.25, -0.2) is 4.79 Å². The Bertz CT molecular complexity index is 481. The van der Waals surface area contributed by atoms with Gasteiger partial charge in [0.15, 0.2) is 0 Å². The smallest absolute Gasteiger partial charge is 0.413 e. The molecule has 28 heavy (non-hydrogen) atoms. The molecule has 0 bridgehead atoms. The highest BCUT2D eigenvalue weighted by Gasteiger charge is 2.47.